The van der Waals surface area contributed by atoms with Crippen LogP contribution in [0.2, 0.25) is 0 Å². The monoisotopic (exact) mass is 253 g/mol. The highest BCUT2D eigenvalue weighted by Gasteiger charge is 2.28. The fraction of sp³-hybridized carbons (Fsp3) is 0.900. The third kappa shape index (κ3) is 5.76. The Balaban J connectivity index is 2.26. The van der Waals surface area contributed by atoms with Gasteiger partial charge in [0.15, 0.2) is 0 Å². The Kier molecular flexibility index (Phi) is 5.04. The van der Waals surface area contributed by atoms with Gasteiger partial charge in [0.25, 0.3) is 0 Å². The van der Waals surface area contributed by atoms with E-state index in [1.807, 2.05) is 12.2 Å². The summed E-state index contributed by atoms with van der Waals surface area (Å²) in [6, 6.07) is -0.804. The van der Waals surface area contributed by atoms with E-state index < -0.39 is 18.8 Å². The van der Waals surface area contributed by atoms with Crippen LogP contribution in [0.5, 0.6) is 0 Å². The fourth-order valence-electron chi connectivity index (χ4n) is 1.88. The van der Waals surface area contributed by atoms with Crippen molar-refractivity contribution in [3.63, 3.8) is 0 Å². The number of halogens is 3. The molecule has 100 valence electrons. The Morgan fingerprint density at radius 3 is 2.76 bits per heavy atom. The van der Waals surface area contributed by atoms with Crippen LogP contribution in [0.3, 0.4) is 0 Å². The summed E-state index contributed by atoms with van der Waals surface area (Å²) in [5, 5.41) is 4.37. The molecule has 0 aromatic carbocycles. The summed E-state index contributed by atoms with van der Waals surface area (Å²) in [4.78, 5) is 13.4. The van der Waals surface area contributed by atoms with Crippen LogP contribution >= 0.6 is 0 Å². The molecule has 1 unspecified atom stereocenters. The van der Waals surface area contributed by atoms with E-state index in [1.54, 1.807) is 0 Å². The Hall–Kier alpha value is -0.980. The van der Waals surface area contributed by atoms with Crippen molar-refractivity contribution in [3.8, 4) is 0 Å². The van der Waals surface area contributed by atoms with Crippen molar-refractivity contribution < 1.29 is 18.0 Å². The number of carbonyl (C=O) groups is 1. The molecule has 1 aliphatic heterocycles. The molecule has 0 spiro atoms. The van der Waals surface area contributed by atoms with Crippen LogP contribution in [0.25, 0.3) is 0 Å². The summed E-state index contributed by atoms with van der Waals surface area (Å²) in [5.74, 6) is 0. The third-order valence-corrected chi connectivity index (χ3v) is 2.74. The SMILES string of the molecule is CCN1CCCC(NC(=O)NCC(F)(F)F)C1. The van der Waals surface area contributed by atoms with E-state index in [9.17, 15) is 18.0 Å². The summed E-state index contributed by atoms with van der Waals surface area (Å²) in [6.07, 6.45) is -2.59. The lowest BCUT2D eigenvalue weighted by Gasteiger charge is -2.32. The standard InChI is InChI=1S/C10H18F3N3O/c1-2-16-5-3-4-8(6-16)15-9(17)14-7-10(11,12)13/h8H,2-7H2,1H3,(H2,14,15,17). The molecule has 0 bridgehead atoms. The number of nitrogens with one attached hydrogen (secondary N) is 2. The minimum absolute atomic E-state index is 0.0584. The average Bonchev–Trinajstić information content (AvgIpc) is 2.26. The Morgan fingerprint density at radius 1 is 1.47 bits per heavy atom. The quantitative estimate of drug-likeness (QED) is 0.797. The number of alkyl halides is 3. The maximum absolute atomic E-state index is 11.9. The van der Waals surface area contributed by atoms with Gasteiger partial charge < -0.3 is 15.5 Å². The fourth-order valence-corrected chi connectivity index (χ4v) is 1.88. The van der Waals surface area contributed by atoms with Crippen molar-refractivity contribution in [1.82, 2.24) is 15.5 Å². The van der Waals surface area contributed by atoms with Gasteiger partial charge >= 0.3 is 12.2 Å². The lowest BCUT2D eigenvalue weighted by Crippen LogP contribution is -2.51. The number of hydrogen-bond acceptors (Lipinski definition) is 2. The number of hydrogen-bond donors (Lipinski definition) is 2. The molecule has 0 aliphatic carbocycles. The number of piperidine rings is 1. The molecule has 1 saturated heterocycles. The van der Waals surface area contributed by atoms with E-state index in [1.165, 1.54) is 0 Å². The Morgan fingerprint density at radius 2 is 2.18 bits per heavy atom. The maximum Gasteiger partial charge on any atom is 0.405 e. The van der Waals surface area contributed by atoms with Crippen LogP contribution in [0.15, 0.2) is 0 Å². The highest BCUT2D eigenvalue weighted by molar-refractivity contribution is 5.74. The molecular weight excluding hydrogens is 235 g/mol. The first-order valence-electron chi connectivity index (χ1n) is 5.74. The van der Waals surface area contributed by atoms with Crippen molar-refractivity contribution in [2.75, 3.05) is 26.2 Å². The predicted molar refractivity (Wildman–Crippen MR) is 57.7 cm³/mol. The lowest BCUT2D eigenvalue weighted by molar-refractivity contribution is -0.122. The zero-order valence-electron chi connectivity index (χ0n) is 9.81. The van der Waals surface area contributed by atoms with Crippen LogP contribution < -0.4 is 10.6 Å². The van der Waals surface area contributed by atoms with Crippen LogP contribution in [0, 0.1) is 0 Å². The summed E-state index contributed by atoms with van der Waals surface area (Å²) < 4.78 is 35.6. The first-order chi connectivity index (χ1) is 7.90. The van der Waals surface area contributed by atoms with Gasteiger partial charge in [0, 0.05) is 12.6 Å². The van der Waals surface area contributed by atoms with Crippen molar-refractivity contribution in [2.24, 2.45) is 0 Å². The second kappa shape index (κ2) is 6.09. The number of likely N-dealkylation sites (N-methyl/N-ethyl adjacent to an activating group) is 1. The number of amides is 2. The number of likely N-dealkylation sites (tertiary alicyclic amines) is 1. The Bertz CT molecular complexity index is 258. The lowest BCUT2D eigenvalue weighted by atomic mass is 10.1. The Labute approximate surface area is 98.5 Å². The average molecular weight is 253 g/mol. The second-order valence-corrected chi connectivity index (χ2v) is 4.17. The molecule has 0 radical (unpaired) electrons. The number of carbonyl (C=O) groups excluding carboxylic acids is 1. The van der Waals surface area contributed by atoms with Gasteiger partial charge in [-0.2, -0.15) is 13.2 Å². The van der Waals surface area contributed by atoms with Gasteiger partial charge in [0.05, 0.1) is 0 Å². The van der Waals surface area contributed by atoms with Crippen molar-refractivity contribution >= 4 is 6.03 Å². The van der Waals surface area contributed by atoms with E-state index in [0.717, 1.165) is 25.9 Å². The van der Waals surface area contributed by atoms with E-state index in [-0.39, 0.29) is 6.04 Å². The zero-order valence-corrected chi connectivity index (χ0v) is 9.81. The van der Waals surface area contributed by atoms with Crippen LogP contribution in [-0.4, -0.2) is 49.3 Å². The highest BCUT2D eigenvalue weighted by atomic mass is 19.4. The molecule has 1 rings (SSSR count). The van der Waals surface area contributed by atoms with Gasteiger partial charge in [-0.15, -0.1) is 0 Å². The van der Waals surface area contributed by atoms with E-state index in [0.29, 0.717) is 6.54 Å². The van der Waals surface area contributed by atoms with Crippen LogP contribution in [0.1, 0.15) is 19.8 Å². The number of rotatable bonds is 3. The van der Waals surface area contributed by atoms with Gasteiger partial charge in [-0.1, -0.05) is 6.92 Å². The van der Waals surface area contributed by atoms with Gasteiger partial charge in [-0.05, 0) is 25.9 Å². The van der Waals surface area contributed by atoms with Crippen molar-refractivity contribution in [3.05, 3.63) is 0 Å². The van der Waals surface area contributed by atoms with Crippen LogP contribution in [-0.2, 0) is 0 Å². The molecule has 17 heavy (non-hydrogen) atoms. The van der Waals surface area contributed by atoms with Crippen LogP contribution in [0.4, 0.5) is 18.0 Å². The smallest absolute Gasteiger partial charge is 0.334 e. The van der Waals surface area contributed by atoms with Gasteiger partial charge in [-0.3, -0.25) is 0 Å². The molecule has 7 heteroatoms. The van der Waals surface area contributed by atoms with Crippen molar-refractivity contribution in [1.29, 1.82) is 0 Å². The molecule has 1 aliphatic rings. The summed E-state index contributed by atoms with van der Waals surface area (Å²) in [5.41, 5.74) is 0. The molecule has 4 nitrogen and oxygen atoms in total. The van der Waals surface area contributed by atoms with E-state index in [2.05, 4.69) is 10.2 Å². The first kappa shape index (κ1) is 14.1. The summed E-state index contributed by atoms with van der Waals surface area (Å²) in [7, 11) is 0. The molecule has 0 aromatic rings. The van der Waals surface area contributed by atoms with Crippen molar-refractivity contribution in [2.45, 2.75) is 32.0 Å². The van der Waals surface area contributed by atoms with E-state index >= 15 is 0 Å². The summed E-state index contributed by atoms with van der Waals surface area (Å²) in [6.45, 7) is 3.31. The molecular formula is C10H18F3N3O. The third-order valence-electron chi connectivity index (χ3n) is 2.74. The highest BCUT2D eigenvalue weighted by Crippen LogP contribution is 2.12. The molecule has 1 fully saturated rings. The largest absolute Gasteiger partial charge is 0.405 e. The molecule has 2 N–H and O–H groups in total. The topological polar surface area (TPSA) is 44.4 Å². The molecule has 0 saturated carbocycles. The minimum atomic E-state index is -4.36. The minimum Gasteiger partial charge on any atom is -0.334 e. The molecule has 1 atom stereocenters. The zero-order chi connectivity index (χ0) is 12.9. The maximum atomic E-state index is 11.9. The van der Waals surface area contributed by atoms with Gasteiger partial charge in [0.2, 0.25) is 0 Å². The van der Waals surface area contributed by atoms with E-state index in [4.69, 9.17) is 0 Å². The molecule has 0 aromatic heterocycles. The van der Waals surface area contributed by atoms with Gasteiger partial charge in [-0.25, -0.2) is 4.79 Å². The van der Waals surface area contributed by atoms with Gasteiger partial charge in [0.1, 0.15) is 6.54 Å². The normalized spacial score (nSPS) is 22.2. The number of nitrogens with zero attached hydrogens (tertiary/aromatic N) is 1. The second-order valence-electron chi connectivity index (χ2n) is 4.17. The molecule has 1 heterocycles. The molecule has 2 amide bonds. The first-order valence-corrected chi connectivity index (χ1v) is 5.74. The summed E-state index contributed by atoms with van der Waals surface area (Å²) >= 11 is 0. The predicted octanol–water partition coefficient (Wildman–Crippen LogP) is 1.33. The number of urea groups is 1.